The van der Waals surface area contributed by atoms with E-state index in [2.05, 4.69) is 27.8 Å². The molecule has 6 nitrogen and oxygen atoms in total. The maximum atomic E-state index is 12.1. The number of aromatic nitrogens is 2. The quantitative estimate of drug-likeness (QED) is 0.876. The standard InChI is InChI=1S/C18H26N4O2/c1-3-22-16-7-5-4-6-15(16)20-18(22)21-10-8-14(9-11-21)17(24)19-12-13(2)23/h4-7,13-14,23H,3,8-12H2,1-2H3,(H,19,24). The first-order chi connectivity index (χ1) is 11.6. The molecule has 0 radical (unpaired) electrons. The fourth-order valence-electron chi connectivity index (χ4n) is 3.35. The van der Waals surface area contributed by atoms with Gasteiger partial charge >= 0.3 is 0 Å². The van der Waals surface area contributed by atoms with Crippen molar-refractivity contribution in [3.05, 3.63) is 24.3 Å². The summed E-state index contributed by atoms with van der Waals surface area (Å²) < 4.78 is 2.24. The van der Waals surface area contributed by atoms with Crippen molar-refractivity contribution in [1.82, 2.24) is 14.9 Å². The summed E-state index contributed by atoms with van der Waals surface area (Å²) >= 11 is 0. The Kier molecular flexibility index (Phi) is 5.04. The van der Waals surface area contributed by atoms with Crippen LogP contribution in [0.25, 0.3) is 11.0 Å². The number of carbonyl (C=O) groups is 1. The van der Waals surface area contributed by atoms with Crippen LogP contribution in [0.4, 0.5) is 5.95 Å². The van der Waals surface area contributed by atoms with Gasteiger partial charge in [0.1, 0.15) is 0 Å². The zero-order chi connectivity index (χ0) is 17.1. The normalized spacial score (nSPS) is 17.2. The van der Waals surface area contributed by atoms with Crippen LogP contribution >= 0.6 is 0 Å². The number of aryl methyl sites for hydroxylation is 1. The van der Waals surface area contributed by atoms with Gasteiger partial charge in [0.2, 0.25) is 11.9 Å². The van der Waals surface area contributed by atoms with Crippen molar-refractivity contribution in [2.75, 3.05) is 24.5 Å². The second kappa shape index (κ2) is 7.21. The summed E-state index contributed by atoms with van der Waals surface area (Å²) in [5, 5.41) is 12.1. The van der Waals surface area contributed by atoms with Crippen LogP contribution in [0.15, 0.2) is 24.3 Å². The molecular formula is C18H26N4O2. The highest BCUT2D eigenvalue weighted by molar-refractivity contribution is 5.80. The van der Waals surface area contributed by atoms with Crippen LogP contribution in [-0.4, -0.2) is 46.3 Å². The molecule has 2 aromatic rings. The largest absolute Gasteiger partial charge is 0.392 e. The number of aliphatic hydroxyl groups is 1. The fraction of sp³-hybridized carbons (Fsp3) is 0.556. The van der Waals surface area contributed by atoms with Gasteiger partial charge in [0.15, 0.2) is 0 Å². The van der Waals surface area contributed by atoms with Crippen molar-refractivity contribution in [3.63, 3.8) is 0 Å². The number of nitrogens with one attached hydrogen (secondary N) is 1. The van der Waals surface area contributed by atoms with Crippen LogP contribution in [0.5, 0.6) is 0 Å². The molecule has 2 heterocycles. The Balaban J connectivity index is 1.68. The Morgan fingerprint density at radius 2 is 2.08 bits per heavy atom. The molecule has 1 atom stereocenters. The monoisotopic (exact) mass is 330 g/mol. The highest BCUT2D eigenvalue weighted by Crippen LogP contribution is 2.26. The SMILES string of the molecule is CCn1c(N2CCC(C(=O)NCC(C)O)CC2)nc2ccccc21. The number of benzene rings is 1. The highest BCUT2D eigenvalue weighted by atomic mass is 16.3. The molecule has 1 fully saturated rings. The van der Waals surface area contributed by atoms with Crippen molar-refractivity contribution >= 4 is 22.9 Å². The van der Waals surface area contributed by atoms with E-state index in [4.69, 9.17) is 4.98 Å². The summed E-state index contributed by atoms with van der Waals surface area (Å²) in [4.78, 5) is 19.2. The molecule has 1 aliphatic rings. The maximum Gasteiger partial charge on any atom is 0.223 e. The zero-order valence-corrected chi connectivity index (χ0v) is 14.4. The van der Waals surface area contributed by atoms with Crippen LogP contribution in [0.3, 0.4) is 0 Å². The third-order valence-electron chi connectivity index (χ3n) is 4.67. The predicted octanol–water partition coefficient (Wildman–Crippen LogP) is 1.77. The van der Waals surface area contributed by atoms with Gasteiger partial charge in [0.25, 0.3) is 0 Å². The molecule has 1 aliphatic heterocycles. The minimum atomic E-state index is -0.501. The topological polar surface area (TPSA) is 70.4 Å². The molecule has 0 spiro atoms. The van der Waals surface area contributed by atoms with Crippen molar-refractivity contribution in [3.8, 4) is 0 Å². The minimum absolute atomic E-state index is 0.0273. The minimum Gasteiger partial charge on any atom is -0.392 e. The summed E-state index contributed by atoms with van der Waals surface area (Å²) in [7, 11) is 0. The first-order valence-electron chi connectivity index (χ1n) is 8.76. The second-order valence-electron chi connectivity index (χ2n) is 6.50. The van der Waals surface area contributed by atoms with E-state index in [0.29, 0.717) is 6.54 Å². The smallest absolute Gasteiger partial charge is 0.223 e. The second-order valence-corrected chi connectivity index (χ2v) is 6.50. The molecule has 0 bridgehead atoms. The number of rotatable bonds is 5. The van der Waals surface area contributed by atoms with E-state index < -0.39 is 6.10 Å². The van der Waals surface area contributed by atoms with E-state index in [0.717, 1.165) is 49.5 Å². The number of anilines is 1. The van der Waals surface area contributed by atoms with Crippen LogP contribution < -0.4 is 10.2 Å². The summed E-state index contributed by atoms with van der Waals surface area (Å²) in [5.41, 5.74) is 2.18. The first kappa shape index (κ1) is 16.8. The number of piperidine rings is 1. The lowest BCUT2D eigenvalue weighted by Crippen LogP contribution is -2.42. The van der Waals surface area contributed by atoms with Crippen LogP contribution in [-0.2, 0) is 11.3 Å². The Hall–Kier alpha value is -2.08. The van der Waals surface area contributed by atoms with Gasteiger partial charge in [-0.2, -0.15) is 0 Å². The number of fused-ring (bicyclic) bond motifs is 1. The van der Waals surface area contributed by atoms with Gasteiger partial charge in [-0.15, -0.1) is 0 Å². The predicted molar refractivity (Wildman–Crippen MR) is 95.0 cm³/mol. The molecule has 1 unspecified atom stereocenters. The Labute approximate surface area is 142 Å². The number of nitrogens with zero attached hydrogens (tertiary/aromatic N) is 3. The first-order valence-corrected chi connectivity index (χ1v) is 8.76. The summed E-state index contributed by atoms with van der Waals surface area (Å²) in [6.07, 6.45) is 1.13. The van der Waals surface area contributed by atoms with E-state index in [-0.39, 0.29) is 11.8 Å². The summed E-state index contributed by atoms with van der Waals surface area (Å²) in [6.45, 7) is 6.67. The number of carbonyl (C=O) groups excluding carboxylic acids is 1. The molecule has 2 N–H and O–H groups in total. The van der Waals surface area contributed by atoms with Gasteiger partial charge in [-0.25, -0.2) is 4.98 Å². The van der Waals surface area contributed by atoms with E-state index in [1.165, 1.54) is 0 Å². The summed E-state index contributed by atoms with van der Waals surface area (Å²) in [5.74, 6) is 1.08. The molecular weight excluding hydrogens is 304 g/mol. The molecule has 1 saturated heterocycles. The Morgan fingerprint density at radius 3 is 2.75 bits per heavy atom. The molecule has 0 aliphatic carbocycles. The maximum absolute atomic E-state index is 12.1. The third kappa shape index (κ3) is 3.38. The third-order valence-corrected chi connectivity index (χ3v) is 4.67. The molecule has 24 heavy (non-hydrogen) atoms. The van der Waals surface area contributed by atoms with E-state index in [1.54, 1.807) is 6.92 Å². The average Bonchev–Trinajstić information content (AvgIpc) is 2.98. The number of amides is 1. The molecule has 1 aromatic heterocycles. The number of hydrogen-bond donors (Lipinski definition) is 2. The molecule has 1 amide bonds. The van der Waals surface area contributed by atoms with E-state index in [1.807, 2.05) is 18.2 Å². The lowest BCUT2D eigenvalue weighted by Gasteiger charge is -2.32. The van der Waals surface area contributed by atoms with Gasteiger partial charge in [-0.1, -0.05) is 12.1 Å². The molecule has 1 aromatic carbocycles. The van der Waals surface area contributed by atoms with E-state index in [9.17, 15) is 9.90 Å². The molecule has 3 rings (SSSR count). The lowest BCUT2D eigenvalue weighted by molar-refractivity contribution is -0.126. The van der Waals surface area contributed by atoms with Gasteiger partial charge < -0.3 is 19.9 Å². The van der Waals surface area contributed by atoms with Crippen molar-refractivity contribution in [1.29, 1.82) is 0 Å². The number of aliphatic hydroxyl groups excluding tert-OH is 1. The van der Waals surface area contributed by atoms with Crippen molar-refractivity contribution < 1.29 is 9.90 Å². The highest BCUT2D eigenvalue weighted by Gasteiger charge is 2.27. The van der Waals surface area contributed by atoms with Gasteiger partial charge in [-0.3, -0.25) is 4.79 Å². The van der Waals surface area contributed by atoms with Crippen molar-refractivity contribution in [2.24, 2.45) is 5.92 Å². The van der Waals surface area contributed by atoms with Gasteiger partial charge in [0, 0.05) is 32.1 Å². The van der Waals surface area contributed by atoms with Gasteiger partial charge in [-0.05, 0) is 38.8 Å². The Morgan fingerprint density at radius 1 is 1.38 bits per heavy atom. The van der Waals surface area contributed by atoms with E-state index >= 15 is 0 Å². The number of para-hydroxylation sites is 2. The zero-order valence-electron chi connectivity index (χ0n) is 14.4. The van der Waals surface area contributed by atoms with Crippen LogP contribution in [0, 0.1) is 5.92 Å². The molecule has 6 heteroatoms. The molecule has 0 saturated carbocycles. The lowest BCUT2D eigenvalue weighted by atomic mass is 9.96. The Bertz CT molecular complexity index is 702. The van der Waals surface area contributed by atoms with Crippen LogP contribution in [0.1, 0.15) is 26.7 Å². The van der Waals surface area contributed by atoms with Crippen LogP contribution in [0.2, 0.25) is 0 Å². The van der Waals surface area contributed by atoms with Gasteiger partial charge in [0.05, 0.1) is 17.1 Å². The fourth-order valence-corrected chi connectivity index (χ4v) is 3.35. The molecule has 130 valence electrons. The average molecular weight is 330 g/mol. The van der Waals surface area contributed by atoms with Crippen molar-refractivity contribution in [2.45, 2.75) is 39.3 Å². The summed E-state index contributed by atoms with van der Waals surface area (Å²) in [6, 6.07) is 8.20. The number of hydrogen-bond acceptors (Lipinski definition) is 4. The number of imidazole rings is 1.